The fourth-order valence-corrected chi connectivity index (χ4v) is 0.0952. The van der Waals surface area contributed by atoms with Gasteiger partial charge in [0, 0.05) is 25.6 Å². The molecule has 0 heterocycles. The van der Waals surface area contributed by atoms with Gasteiger partial charge in [-0.2, -0.15) is 8.78 Å². The van der Waals surface area contributed by atoms with Crippen LogP contribution in [0.25, 0.3) is 0 Å². The minimum absolute atomic E-state index is 0. The summed E-state index contributed by atoms with van der Waals surface area (Å²) in [5.74, 6) is 0. The SMILES string of the molecule is FC(F)=CC(F)F.[Zn]. The molecule has 8 heavy (non-hydrogen) atoms. The molecular formula is C3H2F4Zn. The van der Waals surface area contributed by atoms with Crippen molar-refractivity contribution in [3.63, 3.8) is 0 Å². The van der Waals surface area contributed by atoms with E-state index in [1.165, 1.54) is 0 Å². The second kappa shape index (κ2) is 5.22. The van der Waals surface area contributed by atoms with Crippen LogP contribution in [0.5, 0.6) is 0 Å². The van der Waals surface area contributed by atoms with Crippen LogP contribution >= 0.6 is 0 Å². The summed E-state index contributed by atoms with van der Waals surface area (Å²) in [7, 11) is 0. The van der Waals surface area contributed by atoms with Gasteiger partial charge in [0.2, 0.25) is 0 Å². The number of allylic oxidation sites excluding steroid dienone is 1. The maximum absolute atomic E-state index is 10.7. The average molecular weight is 179 g/mol. The van der Waals surface area contributed by atoms with Gasteiger partial charge in [-0.1, -0.05) is 0 Å². The second-order valence-corrected chi connectivity index (χ2v) is 0.791. The van der Waals surface area contributed by atoms with Crippen molar-refractivity contribution < 1.29 is 37.0 Å². The number of hydrogen-bond donors (Lipinski definition) is 0. The van der Waals surface area contributed by atoms with E-state index in [1.54, 1.807) is 0 Å². The quantitative estimate of drug-likeness (QED) is 0.427. The van der Waals surface area contributed by atoms with E-state index in [2.05, 4.69) is 0 Å². The number of alkyl halides is 2. The summed E-state index contributed by atoms with van der Waals surface area (Å²) in [5, 5.41) is 0. The maximum atomic E-state index is 10.7. The van der Waals surface area contributed by atoms with E-state index in [4.69, 9.17) is 0 Å². The van der Waals surface area contributed by atoms with Crippen molar-refractivity contribution in [2.24, 2.45) is 0 Å². The molecule has 0 nitrogen and oxygen atoms in total. The molecule has 44 valence electrons. The second-order valence-electron chi connectivity index (χ2n) is 0.791. The molecule has 0 amide bonds. The van der Waals surface area contributed by atoms with Gasteiger partial charge in [0.05, 0.1) is 0 Å². The average Bonchev–Trinajstić information content (AvgIpc) is 1.27. The van der Waals surface area contributed by atoms with Crippen LogP contribution < -0.4 is 0 Å². The standard InChI is InChI=1S/C3H2F4.Zn/c4-2(5)1-3(6)7;/h1-2H;. The first-order chi connectivity index (χ1) is 3.13. The van der Waals surface area contributed by atoms with Gasteiger partial charge in [-0.3, -0.25) is 0 Å². The van der Waals surface area contributed by atoms with Crippen LogP contribution in [0.4, 0.5) is 17.6 Å². The number of hydrogen-bond acceptors (Lipinski definition) is 0. The first-order valence-corrected chi connectivity index (χ1v) is 1.44. The third-order valence-electron chi connectivity index (χ3n) is 0.252. The maximum Gasteiger partial charge on any atom is 0.271 e. The van der Waals surface area contributed by atoms with Gasteiger partial charge in [-0.05, 0) is 0 Å². The van der Waals surface area contributed by atoms with Crippen molar-refractivity contribution in [1.29, 1.82) is 0 Å². The molecule has 0 aliphatic heterocycles. The summed E-state index contributed by atoms with van der Waals surface area (Å²) in [6.45, 7) is 0. The van der Waals surface area contributed by atoms with E-state index in [9.17, 15) is 17.6 Å². The van der Waals surface area contributed by atoms with Crippen LogP contribution in [0, 0.1) is 0 Å². The van der Waals surface area contributed by atoms with Gasteiger partial charge >= 0.3 is 0 Å². The van der Waals surface area contributed by atoms with Crippen molar-refractivity contribution in [2.75, 3.05) is 0 Å². The molecule has 0 N–H and O–H groups in total. The van der Waals surface area contributed by atoms with Gasteiger partial charge in [-0.15, -0.1) is 0 Å². The Morgan fingerprint density at radius 1 is 1.25 bits per heavy atom. The molecule has 5 heteroatoms. The van der Waals surface area contributed by atoms with Crippen LogP contribution in [-0.4, -0.2) is 6.43 Å². The Morgan fingerprint density at radius 2 is 1.62 bits per heavy atom. The normalized spacial score (nSPS) is 8.12. The van der Waals surface area contributed by atoms with E-state index in [0.717, 1.165) is 0 Å². The van der Waals surface area contributed by atoms with Gasteiger partial charge in [0.15, 0.2) is 0 Å². The topological polar surface area (TPSA) is 0 Å². The minimum atomic E-state index is -3.04. The zero-order valence-corrected chi connectivity index (χ0v) is 6.84. The molecule has 0 radical (unpaired) electrons. The minimum Gasteiger partial charge on any atom is -0.205 e. The zero-order chi connectivity index (χ0) is 5.86. The molecule has 0 bridgehead atoms. The molecule has 0 aromatic carbocycles. The molecule has 0 atom stereocenters. The van der Waals surface area contributed by atoms with Gasteiger partial charge in [-0.25, -0.2) is 8.78 Å². The Hall–Kier alpha value is 0.0834. The summed E-state index contributed by atoms with van der Waals surface area (Å²) >= 11 is 0. The molecule has 0 saturated heterocycles. The van der Waals surface area contributed by atoms with Crippen LogP contribution in [0.1, 0.15) is 0 Å². The van der Waals surface area contributed by atoms with Crippen molar-refractivity contribution >= 4 is 0 Å². The largest absolute Gasteiger partial charge is 0.271 e. The Bertz CT molecular complexity index is 75.4. The van der Waals surface area contributed by atoms with Crippen LogP contribution in [-0.2, 0) is 19.5 Å². The molecule has 0 aromatic heterocycles. The Labute approximate surface area is 56.3 Å². The molecule has 0 rings (SSSR count). The Balaban J connectivity index is 0. The van der Waals surface area contributed by atoms with Gasteiger partial charge in [0.25, 0.3) is 12.5 Å². The van der Waals surface area contributed by atoms with Crippen LogP contribution in [0.3, 0.4) is 0 Å². The predicted octanol–water partition coefficient (Wildman–Crippen LogP) is 2.03. The van der Waals surface area contributed by atoms with E-state index in [0.29, 0.717) is 0 Å². The summed E-state index contributed by atoms with van der Waals surface area (Å²) in [4.78, 5) is 0. The first kappa shape index (κ1) is 11.0. The predicted molar refractivity (Wildman–Crippen MR) is 16.3 cm³/mol. The third kappa shape index (κ3) is 9.43. The van der Waals surface area contributed by atoms with E-state index < -0.39 is 18.6 Å². The van der Waals surface area contributed by atoms with E-state index in [1.807, 2.05) is 0 Å². The molecule has 0 fully saturated rings. The number of halogens is 4. The monoisotopic (exact) mass is 178 g/mol. The van der Waals surface area contributed by atoms with Crippen molar-refractivity contribution in [3.05, 3.63) is 12.2 Å². The van der Waals surface area contributed by atoms with Gasteiger partial charge < -0.3 is 0 Å². The number of rotatable bonds is 1. The Morgan fingerprint density at radius 3 is 1.62 bits per heavy atom. The molecule has 0 aromatic rings. The summed E-state index contributed by atoms with van der Waals surface area (Å²) < 4.78 is 42.8. The molecular weight excluding hydrogens is 177 g/mol. The molecule has 0 aliphatic carbocycles. The van der Waals surface area contributed by atoms with Crippen LogP contribution in [0.15, 0.2) is 12.2 Å². The molecule has 0 unspecified atom stereocenters. The fraction of sp³-hybridized carbons (Fsp3) is 0.333. The third-order valence-corrected chi connectivity index (χ3v) is 0.252. The summed E-state index contributed by atoms with van der Waals surface area (Å²) in [5.41, 5.74) is 0. The molecule has 0 spiro atoms. The van der Waals surface area contributed by atoms with E-state index >= 15 is 0 Å². The fourth-order valence-electron chi connectivity index (χ4n) is 0.0952. The van der Waals surface area contributed by atoms with Crippen molar-refractivity contribution in [2.45, 2.75) is 6.43 Å². The van der Waals surface area contributed by atoms with Crippen molar-refractivity contribution in [1.82, 2.24) is 0 Å². The molecule has 0 saturated carbocycles. The first-order valence-electron chi connectivity index (χ1n) is 1.44. The summed E-state index contributed by atoms with van der Waals surface area (Å²) in [6, 6.07) is 0. The van der Waals surface area contributed by atoms with Crippen LogP contribution in [0.2, 0.25) is 0 Å². The molecule has 0 aliphatic rings. The zero-order valence-electron chi connectivity index (χ0n) is 3.87. The van der Waals surface area contributed by atoms with Gasteiger partial charge in [0.1, 0.15) is 0 Å². The van der Waals surface area contributed by atoms with E-state index in [-0.39, 0.29) is 19.5 Å². The smallest absolute Gasteiger partial charge is 0.205 e. The summed E-state index contributed by atoms with van der Waals surface area (Å²) in [6.07, 6.45) is -5.79. The Kier molecular flexibility index (Phi) is 7.16. The van der Waals surface area contributed by atoms with Crippen molar-refractivity contribution in [3.8, 4) is 0 Å².